The first-order chi connectivity index (χ1) is 21.5. The summed E-state index contributed by atoms with van der Waals surface area (Å²) >= 11 is 5.81. The van der Waals surface area contributed by atoms with Crippen LogP contribution in [0.5, 0.6) is 11.5 Å². The fraction of sp³-hybridized carbons (Fsp3) is 0.314. The van der Waals surface area contributed by atoms with Crippen molar-refractivity contribution in [3.8, 4) is 11.5 Å². The summed E-state index contributed by atoms with van der Waals surface area (Å²) in [6.07, 6.45) is 7.61. The normalized spacial score (nSPS) is 13.8. The van der Waals surface area contributed by atoms with Gasteiger partial charge in [-0.1, -0.05) is 54.1 Å². The maximum Gasteiger partial charge on any atom is 0.323 e. The van der Waals surface area contributed by atoms with E-state index in [-0.39, 0.29) is 35.8 Å². The number of hydrogen-bond donors (Lipinski definition) is 2. The summed E-state index contributed by atoms with van der Waals surface area (Å²) < 4.78 is 39.9. The van der Waals surface area contributed by atoms with E-state index in [0.29, 0.717) is 37.7 Å². The van der Waals surface area contributed by atoms with Crippen LogP contribution in [0.15, 0.2) is 54.6 Å². The summed E-state index contributed by atoms with van der Waals surface area (Å²) in [5.74, 6) is -2.70. The fourth-order valence-corrected chi connectivity index (χ4v) is 5.85. The van der Waals surface area contributed by atoms with Crippen molar-refractivity contribution in [2.75, 3.05) is 13.2 Å². The zero-order chi connectivity index (χ0) is 32.1. The molecule has 1 aromatic heterocycles. The number of fused-ring (bicyclic) bond motifs is 1. The number of halogens is 3. The van der Waals surface area contributed by atoms with Crippen LogP contribution in [0.3, 0.4) is 0 Å². The minimum absolute atomic E-state index is 0.0250. The van der Waals surface area contributed by atoms with Crippen LogP contribution in [0, 0.1) is 24.0 Å². The van der Waals surface area contributed by atoms with Crippen LogP contribution < -0.4 is 9.47 Å². The minimum Gasteiger partial charge on any atom is -0.494 e. The quantitative estimate of drug-likeness (QED) is 0.0775. The third kappa shape index (κ3) is 7.84. The van der Waals surface area contributed by atoms with Crippen molar-refractivity contribution in [2.45, 2.75) is 52.0 Å². The van der Waals surface area contributed by atoms with Gasteiger partial charge in [0.05, 0.1) is 25.2 Å². The van der Waals surface area contributed by atoms with Crippen LogP contribution in [0.25, 0.3) is 23.1 Å². The molecule has 2 N–H and O–H groups in total. The molecule has 0 spiro atoms. The van der Waals surface area contributed by atoms with Gasteiger partial charge in [-0.15, -0.1) is 0 Å². The highest BCUT2D eigenvalue weighted by atomic mass is 35.5. The summed E-state index contributed by atoms with van der Waals surface area (Å²) in [6, 6.07) is 15.2. The van der Waals surface area contributed by atoms with Gasteiger partial charge in [-0.2, -0.15) is 0 Å². The number of carboxylic acids is 2. The molecule has 236 valence electrons. The average molecular weight is 638 g/mol. The lowest BCUT2D eigenvalue weighted by atomic mass is 9.91. The minimum atomic E-state index is -0.943. The number of carbonyl (C=O) groups is 2. The van der Waals surface area contributed by atoms with Gasteiger partial charge >= 0.3 is 11.9 Å². The molecule has 0 bridgehead atoms. The zero-order valence-corrected chi connectivity index (χ0v) is 25.6. The first-order valence-corrected chi connectivity index (χ1v) is 15.2. The van der Waals surface area contributed by atoms with Crippen molar-refractivity contribution in [1.29, 1.82) is 0 Å². The molecule has 0 radical (unpaired) electrons. The second kappa shape index (κ2) is 13.7. The lowest BCUT2D eigenvalue weighted by Gasteiger charge is -2.13. The highest BCUT2D eigenvalue weighted by molar-refractivity contribution is 6.32. The Morgan fingerprint density at radius 2 is 1.69 bits per heavy atom. The van der Waals surface area contributed by atoms with E-state index >= 15 is 0 Å². The van der Waals surface area contributed by atoms with Crippen LogP contribution in [0.4, 0.5) is 8.78 Å². The standard InChI is InChI=1S/C35H34ClF2NO6/c1-22-28(19-35(13-14-35)20-31(40)41)27-6-4-5-24(34(27)39(22)21-32(42)43)10-7-23-8-11-26(12-9-23)44-15-2-3-16-45-30-18-25(37)17-29(38)33(30)36/h4-12,17-18H,2-3,13-16,19-21H2,1H3,(H,40,41)(H,42,43)/b10-7+. The van der Waals surface area contributed by atoms with Gasteiger partial charge in [0, 0.05) is 23.2 Å². The molecular weight excluding hydrogens is 604 g/mol. The van der Waals surface area contributed by atoms with Gasteiger partial charge in [0.1, 0.15) is 34.7 Å². The molecule has 45 heavy (non-hydrogen) atoms. The summed E-state index contributed by atoms with van der Waals surface area (Å²) in [7, 11) is 0. The molecule has 5 rings (SSSR count). The molecule has 1 saturated carbocycles. The summed E-state index contributed by atoms with van der Waals surface area (Å²) in [4.78, 5) is 23.3. The highest BCUT2D eigenvalue weighted by Crippen LogP contribution is 2.52. The predicted molar refractivity (Wildman–Crippen MR) is 169 cm³/mol. The van der Waals surface area contributed by atoms with Gasteiger partial charge in [0.25, 0.3) is 0 Å². The summed E-state index contributed by atoms with van der Waals surface area (Å²) in [5.41, 5.74) is 4.23. The second-order valence-corrected chi connectivity index (χ2v) is 11.9. The topological polar surface area (TPSA) is 98.0 Å². The number of aliphatic carboxylic acids is 2. The Balaban J connectivity index is 1.22. The SMILES string of the molecule is Cc1c(CC2(CC(=O)O)CC2)c2cccc(/C=C/c3ccc(OCCCCOc4cc(F)cc(F)c4Cl)cc3)c2n1CC(=O)O. The number of rotatable bonds is 15. The fourth-order valence-electron chi connectivity index (χ4n) is 5.69. The van der Waals surface area contributed by atoms with Crippen molar-refractivity contribution in [2.24, 2.45) is 5.41 Å². The summed E-state index contributed by atoms with van der Waals surface area (Å²) in [5, 5.41) is 19.8. The largest absolute Gasteiger partial charge is 0.494 e. The molecule has 1 fully saturated rings. The van der Waals surface area contributed by atoms with Gasteiger partial charge in [-0.05, 0) is 73.3 Å². The Hall–Kier alpha value is -4.37. The molecule has 3 aromatic carbocycles. The smallest absolute Gasteiger partial charge is 0.323 e. The maximum atomic E-state index is 13.5. The Bertz CT molecular complexity index is 1740. The van der Waals surface area contributed by atoms with Crippen LogP contribution in [-0.2, 0) is 22.6 Å². The van der Waals surface area contributed by atoms with Gasteiger partial charge in [-0.25, -0.2) is 8.78 Å². The first-order valence-electron chi connectivity index (χ1n) is 14.8. The second-order valence-electron chi connectivity index (χ2n) is 11.5. The number of nitrogens with zero attached hydrogens (tertiary/aromatic N) is 1. The predicted octanol–water partition coefficient (Wildman–Crippen LogP) is 8.17. The third-order valence-corrected chi connectivity index (χ3v) is 8.56. The lowest BCUT2D eigenvalue weighted by Crippen LogP contribution is -2.13. The number of carboxylic acid groups (broad SMARTS) is 2. The summed E-state index contributed by atoms with van der Waals surface area (Å²) in [6.45, 7) is 2.40. The molecular formula is C35H34ClF2NO6. The molecule has 0 amide bonds. The maximum absolute atomic E-state index is 13.5. The Morgan fingerprint density at radius 3 is 2.36 bits per heavy atom. The van der Waals surface area contributed by atoms with Crippen LogP contribution >= 0.6 is 11.6 Å². The number of aromatic nitrogens is 1. The molecule has 0 aliphatic heterocycles. The molecule has 7 nitrogen and oxygen atoms in total. The number of hydrogen-bond acceptors (Lipinski definition) is 4. The lowest BCUT2D eigenvalue weighted by molar-refractivity contribution is -0.139. The van der Waals surface area contributed by atoms with Crippen LogP contribution in [0.2, 0.25) is 5.02 Å². The van der Waals surface area contributed by atoms with Crippen molar-refractivity contribution in [3.05, 3.63) is 93.6 Å². The average Bonchev–Trinajstić information content (AvgIpc) is 3.70. The molecule has 1 aliphatic carbocycles. The van der Waals surface area contributed by atoms with Crippen molar-refractivity contribution >= 4 is 46.6 Å². The van der Waals surface area contributed by atoms with Crippen molar-refractivity contribution < 1.29 is 38.1 Å². The van der Waals surface area contributed by atoms with E-state index < -0.39 is 23.6 Å². The zero-order valence-electron chi connectivity index (χ0n) is 24.8. The van der Waals surface area contributed by atoms with Crippen LogP contribution in [-0.4, -0.2) is 39.9 Å². The molecule has 4 aromatic rings. The van der Waals surface area contributed by atoms with Crippen LogP contribution in [0.1, 0.15) is 54.5 Å². The van der Waals surface area contributed by atoms with E-state index in [1.807, 2.05) is 66.1 Å². The van der Waals surface area contributed by atoms with Crippen molar-refractivity contribution in [1.82, 2.24) is 4.57 Å². The molecule has 0 atom stereocenters. The molecule has 0 unspecified atom stereocenters. The number of ether oxygens (including phenoxy) is 2. The number of para-hydroxylation sites is 1. The van der Waals surface area contributed by atoms with Gasteiger partial charge in [0.15, 0.2) is 0 Å². The van der Waals surface area contributed by atoms with E-state index in [1.54, 1.807) is 0 Å². The van der Waals surface area contributed by atoms with E-state index in [9.17, 15) is 28.6 Å². The van der Waals surface area contributed by atoms with Gasteiger partial charge < -0.3 is 24.3 Å². The van der Waals surface area contributed by atoms with E-state index in [0.717, 1.165) is 52.2 Å². The molecule has 10 heteroatoms. The first kappa shape index (κ1) is 32.0. The van der Waals surface area contributed by atoms with E-state index in [1.165, 1.54) is 0 Å². The number of benzene rings is 3. The van der Waals surface area contributed by atoms with E-state index in [2.05, 4.69) is 0 Å². The Labute approximate surface area is 264 Å². The molecule has 1 heterocycles. The monoisotopic (exact) mass is 637 g/mol. The molecule has 0 saturated heterocycles. The van der Waals surface area contributed by atoms with Gasteiger partial charge in [0.2, 0.25) is 0 Å². The Kier molecular flexibility index (Phi) is 9.77. The van der Waals surface area contributed by atoms with E-state index in [4.69, 9.17) is 21.1 Å². The van der Waals surface area contributed by atoms with Crippen molar-refractivity contribution in [3.63, 3.8) is 0 Å². The third-order valence-electron chi connectivity index (χ3n) is 8.19. The number of unbranched alkanes of at least 4 members (excludes halogenated alkanes) is 1. The Morgan fingerprint density at radius 1 is 0.978 bits per heavy atom. The van der Waals surface area contributed by atoms with Gasteiger partial charge in [-0.3, -0.25) is 9.59 Å². The highest BCUT2D eigenvalue weighted by Gasteiger charge is 2.45. The molecule has 1 aliphatic rings.